The summed E-state index contributed by atoms with van der Waals surface area (Å²) in [6.45, 7) is 0. The van der Waals surface area contributed by atoms with Gasteiger partial charge in [0.05, 0.1) is 18.3 Å². The van der Waals surface area contributed by atoms with Crippen molar-refractivity contribution in [2.24, 2.45) is 0 Å². The molecule has 1 aromatic carbocycles. The molecule has 0 aliphatic rings. The summed E-state index contributed by atoms with van der Waals surface area (Å²) in [5, 5.41) is 2.57. The van der Waals surface area contributed by atoms with E-state index in [1.165, 1.54) is 36.5 Å². The summed E-state index contributed by atoms with van der Waals surface area (Å²) >= 11 is 5.85. The number of rotatable bonds is 4. The van der Waals surface area contributed by atoms with Gasteiger partial charge in [0.15, 0.2) is 14.9 Å². The molecular formula is C14H12ClFN2O3S. The molecule has 2 rings (SSSR count). The number of carbonyl (C=O) groups excluding carboxylic acids is 1. The van der Waals surface area contributed by atoms with Crippen molar-refractivity contribution in [1.82, 2.24) is 4.98 Å². The van der Waals surface area contributed by atoms with Crippen LogP contribution < -0.4 is 5.32 Å². The lowest BCUT2D eigenvalue weighted by molar-refractivity contribution is -0.115. The number of nitrogens with one attached hydrogen (secondary N) is 1. The molecule has 1 amide bonds. The zero-order valence-corrected chi connectivity index (χ0v) is 13.1. The van der Waals surface area contributed by atoms with E-state index in [1.807, 2.05) is 0 Å². The van der Waals surface area contributed by atoms with Gasteiger partial charge in [-0.15, -0.1) is 0 Å². The maximum absolute atomic E-state index is 13.6. The fourth-order valence-electron chi connectivity index (χ4n) is 1.74. The summed E-state index contributed by atoms with van der Waals surface area (Å²) < 4.78 is 36.1. The Morgan fingerprint density at radius 1 is 1.32 bits per heavy atom. The molecule has 1 N–H and O–H groups in total. The fourth-order valence-corrected chi connectivity index (χ4v) is 2.53. The number of aromatic nitrogens is 1. The highest BCUT2D eigenvalue weighted by Gasteiger charge is 2.13. The molecule has 22 heavy (non-hydrogen) atoms. The number of hydrogen-bond acceptors (Lipinski definition) is 4. The van der Waals surface area contributed by atoms with Crippen LogP contribution in [0.3, 0.4) is 0 Å². The summed E-state index contributed by atoms with van der Waals surface area (Å²) in [7, 11) is -3.40. The first-order valence-corrected chi connectivity index (χ1v) is 8.43. The number of hydrogen-bond donors (Lipinski definition) is 1. The zero-order valence-electron chi connectivity index (χ0n) is 11.5. The van der Waals surface area contributed by atoms with E-state index in [0.29, 0.717) is 5.69 Å². The molecule has 0 fully saturated rings. The van der Waals surface area contributed by atoms with Crippen molar-refractivity contribution in [1.29, 1.82) is 0 Å². The molecule has 0 spiro atoms. The maximum atomic E-state index is 13.6. The second-order valence-electron chi connectivity index (χ2n) is 4.58. The molecule has 0 aliphatic carbocycles. The number of carbonyl (C=O) groups is 1. The number of nitrogens with zero attached hydrogens (tertiary/aromatic N) is 1. The fraction of sp³-hybridized carbons (Fsp3) is 0.143. The van der Waals surface area contributed by atoms with Gasteiger partial charge in [0.2, 0.25) is 5.91 Å². The molecule has 1 aromatic heterocycles. The molecule has 0 saturated heterocycles. The van der Waals surface area contributed by atoms with Gasteiger partial charge in [-0.05, 0) is 24.3 Å². The van der Waals surface area contributed by atoms with E-state index in [-0.39, 0.29) is 22.0 Å². The molecule has 0 unspecified atom stereocenters. The number of amides is 1. The quantitative estimate of drug-likeness (QED) is 0.926. The predicted molar refractivity (Wildman–Crippen MR) is 81.1 cm³/mol. The SMILES string of the molecule is CS(=O)(=O)c1ccc(NC(=O)Cc2c(F)cccc2Cl)cn1. The van der Waals surface area contributed by atoms with E-state index in [4.69, 9.17) is 11.6 Å². The smallest absolute Gasteiger partial charge is 0.229 e. The van der Waals surface area contributed by atoms with Crippen molar-refractivity contribution in [2.75, 3.05) is 11.6 Å². The van der Waals surface area contributed by atoms with Gasteiger partial charge in [-0.3, -0.25) is 4.79 Å². The number of sulfone groups is 1. The lowest BCUT2D eigenvalue weighted by Crippen LogP contribution is -2.16. The first-order valence-electron chi connectivity index (χ1n) is 6.16. The van der Waals surface area contributed by atoms with Crippen LogP contribution in [0.5, 0.6) is 0 Å². The van der Waals surface area contributed by atoms with Crippen LogP contribution >= 0.6 is 11.6 Å². The Balaban J connectivity index is 2.10. The zero-order chi connectivity index (χ0) is 16.3. The van der Waals surface area contributed by atoms with Gasteiger partial charge in [-0.25, -0.2) is 17.8 Å². The Labute approximate surface area is 132 Å². The topological polar surface area (TPSA) is 76.1 Å². The normalized spacial score (nSPS) is 11.2. The minimum Gasteiger partial charge on any atom is -0.324 e. The van der Waals surface area contributed by atoms with Crippen LogP contribution in [0.2, 0.25) is 5.02 Å². The lowest BCUT2D eigenvalue weighted by Gasteiger charge is -2.07. The Bertz CT molecular complexity index is 787. The first kappa shape index (κ1) is 16.4. The van der Waals surface area contributed by atoms with Crippen molar-refractivity contribution >= 4 is 33.0 Å². The maximum Gasteiger partial charge on any atom is 0.229 e. The molecule has 2 aromatic rings. The van der Waals surface area contributed by atoms with Crippen LogP contribution in [0.25, 0.3) is 0 Å². The van der Waals surface area contributed by atoms with Crippen LogP contribution in [-0.4, -0.2) is 25.6 Å². The number of anilines is 1. The van der Waals surface area contributed by atoms with Gasteiger partial charge < -0.3 is 5.32 Å². The molecule has 0 radical (unpaired) electrons. The Kier molecular flexibility index (Phi) is 4.77. The van der Waals surface area contributed by atoms with Gasteiger partial charge in [-0.2, -0.15) is 0 Å². The monoisotopic (exact) mass is 342 g/mol. The highest BCUT2D eigenvalue weighted by molar-refractivity contribution is 7.90. The van der Waals surface area contributed by atoms with Gasteiger partial charge in [0, 0.05) is 16.8 Å². The van der Waals surface area contributed by atoms with Crippen LogP contribution in [0.15, 0.2) is 41.6 Å². The molecule has 0 aliphatic heterocycles. The highest BCUT2D eigenvalue weighted by Crippen LogP contribution is 2.20. The van der Waals surface area contributed by atoms with E-state index >= 15 is 0 Å². The van der Waals surface area contributed by atoms with Crippen LogP contribution in [0, 0.1) is 5.82 Å². The van der Waals surface area contributed by atoms with E-state index < -0.39 is 21.6 Å². The third kappa shape index (κ3) is 4.02. The number of benzene rings is 1. The molecule has 0 saturated carbocycles. The molecule has 1 heterocycles. The van der Waals surface area contributed by atoms with Gasteiger partial charge in [-0.1, -0.05) is 17.7 Å². The average molecular weight is 343 g/mol. The summed E-state index contributed by atoms with van der Waals surface area (Å²) in [4.78, 5) is 15.6. The predicted octanol–water partition coefficient (Wildman–Crippen LogP) is 2.46. The van der Waals surface area contributed by atoms with Crippen LogP contribution in [0.4, 0.5) is 10.1 Å². The minimum absolute atomic E-state index is 0.0948. The molecule has 8 heteroatoms. The Morgan fingerprint density at radius 3 is 2.59 bits per heavy atom. The lowest BCUT2D eigenvalue weighted by atomic mass is 10.1. The third-order valence-electron chi connectivity index (χ3n) is 2.80. The van der Waals surface area contributed by atoms with E-state index in [9.17, 15) is 17.6 Å². The van der Waals surface area contributed by atoms with Crippen molar-refractivity contribution in [3.63, 3.8) is 0 Å². The van der Waals surface area contributed by atoms with Crippen molar-refractivity contribution in [2.45, 2.75) is 11.4 Å². The van der Waals surface area contributed by atoms with Gasteiger partial charge in [0.25, 0.3) is 0 Å². The molecule has 0 bridgehead atoms. The van der Waals surface area contributed by atoms with Crippen LogP contribution in [-0.2, 0) is 21.1 Å². The van der Waals surface area contributed by atoms with Crippen molar-refractivity contribution < 1.29 is 17.6 Å². The summed E-state index contributed by atoms with van der Waals surface area (Å²) in [5.41, 5.74) is 0.409. The summed E-state index contributed by atoms with van der Waals surface area (Å²) in [5.74, 6) is -1.05. The standard InChI is InChI=1S/C14H12ClFN2O3S/c1-22(20,21)14-6-5-9(8-17-14)18-13(19)7-10-11(15)3-2-4-12(10)16/h2-6,8H,7H2,1H3,(H,18,19). The minimum atomic E-state index is -3.40. The van der Waals surface area contributed by atoms with E-state index in [1.54, 1.807) is 0 Å². The number of pyridine rings is 1. The Hall–Kier alpha value is -1.99. The summed E-state index contributed by atoms with van der Waals surface area (Å²) in [6, 6.07) is 6.85. The average Bonchev–Trinajstić information content (AvgIpc) is 2.43. The Morgan fingerprint density at radius 2 is 2.05 bits per heavy atom. The highest BCUT2D eigenvalue weighted by atomic mass is 35.5. The van der Waals surface area contributed by atoms with Gasteiger partial charge in [0.1, 0.15) is 5.82 Å². The molecule has 0 atom stereocenters. The van der Waals surface area contributed by atoms with Crippen molar-refractivity contribution in [3.05, 3.63) is 52.9 Å². The van der Waals surface area contributed by atoms with Gasteiger partial charge >= 0.3 is 0 Å². The van der Waals surface area contributed by atoms with E-state index in [2.05, 4.69) is 10.3 Å². The molecular weight excluding hydrogens is 331 g/mol. The second-order valence-corrected chi connectivity index (χ2v) is 6.95. The largest absolute Gasteiger partial charge is 0.324 e. The number of halogens is 2. The summed E-state index contributed by atoms with van der Waals surface area (Å²) in [6.07, 6.45) is 2.02. The van der Waals surface area contributed by atoms with Crippen LogP contribution in [0.1, 0.15) is 5.56 Å². The third-order valence-corrected chi connectivity index (χ3v) is 4.15. The second kappa shape index (κ2) is 6.41. The molecule has 5 nitrogen and oxygen atoms in total. The van der Waals surface area contributed by atoms with E-state index in [0.717, 1.165) is 6.26 Å². The van der Waals surface area contributed by atoms with Crippen molar-refractivity contribution in [3.8, 4) is 0 Å². The molecule has 116 valence electrons. The first-order chi connectivity index (χ1) is 10.3.